The lowest BCUT2D eigenvalue weighted by Gasteiger charge is -2.17. The third-order valence-corrected chi connectivity index (χ3v) is 3.41. The molecular formula is C17H28N2O2. The summed E-state index contributed by atoms with van der Waals surface area (Å²) < 4.78 is 5.25. The second kappa shape index (κ2) is 10.2. The first kappa shape index (κ1) is 17.5. The molecule has 0 aliphatic heterocycles. The zero-order valence-electron chi connectivity index (χ0n) is 13.2. The highest BCUT2D eigenvalue weighted by atomic mass is 16.5. The Balaban J connectivity index is 2.18. The van der Waals surface area contributed by atoms with Gasteiger partial charge < -0.3 is 15.8 Å². The molecule has 4 heteroatoms. The predicted molar refractivity (Wildman–Crippen MR) is 87.4 cm³/mol. The average Bonchev–Trinajstić information content (AvgIpc) is 2.47. The molecule has 4 nitrogen and oxygen atoms in total. The molecule has 0 aromatic heterocycles. The number of nitrogens with two attached hydrogens (primary N) is 1. The monoisotopic (exact) mass is 292 g/mol. The van der Waals surface area contributed by atoms with Gasteiger partial charge in [-0.1, -0.05) is 26.7 Å². The Labute approximate surface area is 128 Å². The molecular weight excluding hydrogens is 264 g/mol. The van der Waals surface area contributed by atoms with Crippen molar-refractivity contribution in [2.24, 2.45) is 0 Å². The molecule has 3 N–H and O–H groups in total. The molecule has 0 spiro atoms. The number of ether oxygens (including phenoxy) is 1. The highest BCUT2D eigenvalue weighted by molar-refractivity contribution is 5.89. The van der Waals surface area contributed by atoms with Crippen molar-refractivity contribution < 1.29 is 9.53 Å². The van der Waals surface area contributed by atoms with Crippen LogP contribution in [0.4, 0.5) is 5.69 Å². The van der Waals surface area contributed by atoms with Crippen LogP contribution >= 0.6 is 0 Å². The first-order valence-electron chi connectivity index (χ1n) is 7.93. The van der Waals surface area contributed by atoms with E-state index in [0.717, 1.165) is 13.0 Å². The Hall–Kier alpha value is -1.55. The number of nitrogen functional groups attached to an aromatic ring is 1. The van der Waals surface area contributed by atoms with Crippen LogP contribution in [0.15, 0.2) is 24.3 Å². The molecule has 0 saturated heterocycles. The van der Waals surface area contributed by atoms with Gasteiger partial charge in [-0.05, 0) is 50.1 Å². The van der Waals surface area contributed by atoms with Crippen molar-refractivity contribution in [3.8, 4) is 0 Å². The van der Waals surface area contributed by atoms with E-state index in [1.165, 1.54) is 25.7 Å². The Kier molecular flexibility index (Phi) is 8.51. The maximum absolute atomic E-state index is 11.8. The third-order valence-electron chi connectivity index (χ3n) is 3.41. The van der Waals surface area contributed by atoms with E-state index in [2.05, 4.69) is 19.2 Å². The average molecular weight is 292 g/mol. The summed E-state index contributed by atoms with van der Waals surface area (Å²) in [4.78, 5) is 11.8. The molecule has 0 heterocycles. The van der Waals surface area contributed by atoms with Crippen molar-refractivity contribution in [1.29, 1.82) is 0 Å². The van der Waals surface area contributed by atoms with Crippen LogP contribution in [0, 0.1) is 0 Å². The summed E-state index contributed by atoms with van der Waals surface area (Å²) in [5.41, 5.74) is 6.78. The van der Waals surface area contributed by atoms with Gasteiger partial charge in [-0.15, -0.1) is 0 Å². The zero-order chi connectivity index (χ0) is 15.5. The van der Waals surface area contributed by atoms with Gasteiger partial charge in [0.25, 0.3) is 0 Å². The van der Waals surface area contributed by atoms with Gasteiger partial charge in [0.1, 0.15) is 0 Å². The van der Waals surface area contributed by atoms with Crippen LogP contribution in [0.3, 0.4) is 0 Å². The Bertz CT molecular complexity index is 398. The summed E-state index contributed by atoms with van der Waals surface area (Å²) in [6, 6.07) is 7.38. The maximum atomic E-state index is 11.8. The summed E-state index contributed by atoms with van der Waals surface area (Å²) in [7, 11) is 0. The molecule has 0 aliphatic carbocycles. The van der Waals surface area contributed by atoms with Crippen molar-refractivity contribution in [2.75, 3.05) is 18.9 Å². The minimum atomic E-state index is -0.284. The summed E-state index contributed by atoms with van der Waals surface area (Å²) in [5, 5.41) is 3.53. The van der Waals surface area contributed by atoms with Crippen LogP contribution in [0.1, 0.15) is 56.3 Å². The van der Waals surface area contributed by atoms with Gasteiger partial charge in [0.2, 0.25) is 0 Å². The van der Waals surface area contributed by atoms with Crippen molar-refractivity contribution >= 4 is 11.7 Å². The highest BCUT2D eigenvalue weighted by Gasteiger charge is 2.07. The zero-order valence-corrected chi connectivity index (χ0v) is 13.2. The molecule has 0 aliphatic rings. The topological polar surface area (TPSA) is 64.3 Å². The van der Waals surface area contributed by atoms with Crippen LogP contribution in [-0.4, -0.2) is 25.2 Å². The quantitative estimate of drug-likeness (QED) is 0.394. The minimum Gasteiger partial charge on any atom is -0.462 e. The van der Waals surface area contributed by atoms with E-state index in [0.29, 0.717) is 23.9 Å². The highest BCUT2D eigenvalue weighted by Crippen LogP contribution is 2.07. The number of carbonyl (C=O) groups is 1. The molecule has 0 bridgehead atoms. The SMILES string of the molecule is CCCC(CCC)NCCCOC(=O)c1ccc(N)cc1. The van der Waals surface area contributed by atoms with Crippen LogP contribution in [0.2, 0.25) is 0 Å². The molecule has 1 aromatic rings. The number of hydrogen-bond donors (Lipinski definition) is 2. The molecule has 1 rings (SSSR count). The predicted octanol–water partition coefficient (Wildman–Crippen LogP) is 3.37. The van der Waals surface area contributed by atoms with E-state index in [4.69, 9.17) is 10.5 Å². The second-order valence-corrected chi connectivity index (χ2v) is 5.34. The number of esters is 1. The minimum absolute atomic E-state index is 0.284. The molecule has 0 amide bonds. The van der Waals surface area contributed by atoms with E-state index in [-0.39, 0.29) is 5.97 Å². The number of nitrogens with one attached hydrogen (secondary N) is 1. The van der Waals surface area contributed by atoms with Crippen molar-refractivity contribution in [2.45, 2.75) is 52.0 Å². The molecule has 0 fully saturated rings. The fourth-order valence-electron chi connectivity index (χ4n) is 2.29. The lowest BCUT2D eigenvalue weighted by atomic mass is 10.1. The maximum Gasteiger partial charge on any atom is 0.338 e. The first-order chi connectivity index (χ1) is 10.2. The molecule has 1 aromatic carbocycles. The number of carbonyl (C=O) groups excluding carboxylic acids is 1. The van der Waals surface area contributed by atoms with Crippen molar-refractivity contribution in [3.05, 3.63) is 29.8 Å². The fourth-order valence-corrected chi connectivity index (χ4v) is 2.29. The van der Waals surface area contributed by atoms with Gasteiger partial charge in [-0.2, -0.15) is 0 Å². The Morgan fingerprint density at radius 2 is 1.81 bits per heavy atom. The fraction of sp³-hybridized carbons (Fsp3) is 0.588. The number of benzene rings is 1. The van der Waals surface area contributed by atoms with Crippen LogP contribution < -0.4 is 11.1 Å². The van der Waals surface area contributed by atoms with E-state index < -0.39 is 0 Å². The lowest BCUT2D eigenvalue weighted by Crippen LogP contribution is -2.30. The van der Waals surface area contributed by atoms with Gasteiger partial charge in [0, 0.05) is 11.7 Å². The van der Waals surface area contributed by atoms with Crippen molar-refractivity contribution in [3.63, 3.8) is 0 Å². The van der Waals surface area contributed by atoms with Gasteiger partial charge in [0.15, 0.2) is 0 Å². The summed E-state index contributed by atoms with van der Waals surface area (Å²) in [6.45, 7) is 5.75. The van der Waals surface area contributed by atoms with Gasteiger partial charge in [-0.25, -0.2) is 4.79 Å². The molecule has 0 radical (unpaired) electrons. The van der Waals surface area contributed by atoms with E-state index in [9.17, 15) is 4.79 Å². The van der Waals surface area contributed by atoms with Gasteiger partial charge >= 0.3 is 5.97 Å². The van der Waals surface area contributed by atoms with Gasteiger partial charge in [-0.3, -0.25) is 0 Å². The second-order valence-electron chi connectivity index (χ2n) is 5.34. The van der Waals surface area contributed by atoms with Crippen LogP contribution in [0.25, 0.3) is 0 Å². The van der Waals surface area contributed by atoms with Crippen LogP contribution in [-0.2, 0) is 4.74 Å². The number of rotatable bonds is 10. The smallest absolute Gasteiger partial charge is 0.338 e. The summed E-state index contributed by atoms with van der Waals surface area (Å²) in [6.07, 6.45) is 5.65. The molecule has 0 atom stereocenters. The van der Waals surface area contributed by atoms with Gasteiger partial charge in [0.05, 0.1) is 12.2 Å². The van der Waals surface area contributed by atoms with Crippen LogP contribution in [0.5, 0.6) is 0 Å². The van der Waals surface area contributed by atoms with E-state index in [1.807, 2.05) is 0 Å². The summed E-state index contributed by atoms with van der Waals surface area (Å²) >= 11 is 0. The number of anilines is 1. The molecule has 0 saturated carbocycles. The van der Waals surface area contributed by atoms with Crippen molar-refractivity contribution in [1.82, 2.24) is 5.32 Å². The third kappa shape index (κ3) is 7.14. The molecule has 0 unspecified atom stereocenters. The molecule has 21 heavy (non-hydrogen) atoms. The van der Waals surface area contributed by atoms with E-state index in [1.54, 1.807) is 24.3 Å². The Morgan fingerprint density at radius 3 is 2.38 bits per heavy atom. The standard InChI is InChI=1S/C17H28N2O2/c1-3-6-16(7-4-2)19-12-5-13-21-17(20)14-8-10-15(18)11-9-14/h8-11,16,19H,3-7,12-13,18H2,1-2H3. The Morgan fingerprint density at radius 1 is 1.19 bits per heavy atom. The van der Waals surface area contributed by atoms with E-state index >= 15 is 0 Å². The largest absolute Gasteiger partial charge is 0.462 e. The number of hydrogen-bond acceptors (Lipinski definition) is 4. The molecule has 118 valence electrons. The summed E-state index contributed by atoms with van der Waals surface area (Å²) in [5.74, 6) is -0.284. The lowest BCUT2D eigenvalue weighted by molar-refractivity contribution is 0.0500. The normalized spacial score (nSPS) is 10.8. The first-order valence-corrected chi connectivity index (χ1v) is 7.93.